The number of nitrogens with one attached hydrogen (secondary N) is 2. The van der Waals surface area contributed by atoms with E-state index in [4.69, 9.17) is 21.4 Å². The number of rotatable bonds is 8. The lowest BCUT2D eigenvalue weighted by Gasteiger charge is -2.11. The molecule has 1 atom stereocenters. The minimum Gasteiger partial charge on any atom is -0.484 e. The molecule has 2 N–H and O–H groups in total. The minimum atomic E-state index is -0.339. The molecule has 0 unspecified atom stereocenters. The lowest BCUT2D eigenvalue weighted by atomic mass is 9.98. The Bertz CT molecular complexity index is 1330. The Kier molecular flexibility index (Phi) is 7.77. The molecule has 1 aromatic heterocycles. The summed E-state index contributed by atoms with van der Waals surface area (Å²) < 4.78 is 11.5. The fourth-order valence-corrected chi connectivity index (χ4v) is 3.87. The van der Waals surface area contributed by atoms with Crippen LogP contribution in [0.15, 0.2) is 71.1 Å². The summed E-state index contributed by atoms with van der Waals surface area (Å²) >= 11 is 5.30. The van der Waals surface area contributed by atoms with Crippen molar-refractivity contribution >= 4 is 40.0 Å². The summed E-state index contributed by atoms with van der Waals surface area (Å²) in [4.78, 5) is 16.9. The van der Waals surface area contributed by atoms with Gasteiger partial charge in [0.1, 0.15) is 11.3 Å². The average Bonchev–Trinajstić information content (AvgIpc) is 3.31. The van der Waals surface area contributed by atoms with E-state index in [1.807, 2.05) is 54.6 Å². The van der Waals surface area contributed by atoms with E-state index in [0.717, 1.165) is 29.5 Å². The fraction of sp³-hybridized carbons (Fsp3) is 0.250. The number of nitrogens with zero attached hydrogens (tertiary/aromatic N) is 1. The number of carbonyl (C=O) groups excluding carboxylic acids is 1. The highest BCUT2D eigenvalue weighted by molar-refractivity contribution is 7.80. The van der Waals surface area contributed by atoms with Crippen LogP contribution in [-0.4, -0.2) is 22.6 Å². The second kappa shape index (κ2) is 11.1. The van der Waals surface area contributed by atoms with Gasteiger partial charge in [0, 0.05) is 11.3 Å². The molecule has 180 valence electrons. The molecule has 0 aliphatic heterocycles. The van der Waals surface area contributed by atoms with Gasteiger partial charge in [-0.15, -0.1) is 0 Å². The molecule has 0 saturated heterocycles. The van der Waals surface area contributed by atoms with Gasteiger partial charge in [0.2, 0.25) is 5.89 Å². The molecule has 0 aliphatic rings. The summed E-state index contributed by atoms with van der Waals surface area (Å²) in [7, 11) is 0. The van der Waals surface area contributed by atoms with Crippen molar-refractivity contribution in [3.05, 3.63) is 77.9 Å². The molecular weight excluding hydrogens is 458 g/mol. The molecule has 35 heavy (non-hydrogen) atoms. The molecule has 0 aliphatic carbocycles. The zero-order valence-electron chi connectivity index (χ0n) is 20.1. The molecule has 3 aromatic carbocycles. The van der Waals surface area contributed by atoms with Crippen LogP contribution in [0.25, 0.3) is 22.6 Å². The highest BCUT2D eigenvalue weighted by Crippen LogP contribution is 2.29. The number of aryl methyl sites for hydroxylation is 1. The highest BCUT2D eigenvalue weighted by atomic mass is 32.1. The summed E-state index contributed by atoms with van der Waals surface area (Å²) in [5.41, 5.74) is 5.57. The van der Waals surface area contributed by atoms with Crippen LogP contribution in [0.1, 0.15) is 44.2 Å². The van der Waals surface area contributed by atoms with Crippen LogP contribution in [-0.2, 0) is 11.2 Å². The van der Waals surface area contributed by atoms with Gasteiger partial charge in [0.15, 0.2) is 17.3 Å². The van der Waals surface area contributed by atoms with Gasteiger partial charge >= 0.3 is 0 Å². The van der Waals surface area contributed by atoms with Crippen molar-refractivity contribution in [2.75, 3.05) is 11.9 Å². The SMILES string of the molecule is CCc1ccc(OCC(=O)NC(=S)Nc2cccc(-c3nc4cc([C@H](C)CC)ccc4o3)c2)cc1. The molecule has 0 radical (unpaired) electrons. The van der Waals surface area contributed by atoms with Gasteiger partial charge in [-0.3, -0.25) is 10.1 Å². The molecule has 6 nitrogen and oxygen atoms in total. The van der Waals surface area contributed by atoms with Crippen LogP contribution < -0.4 is 15.4 Å². The molecule has 7 heteroatoms. The quantitative estimate of drug-likeness (QED) is 0.278. The smallest absolute Gasteiger partial charge is 0.264 e. The normalized spacial score (nSPS) is 11.7. The van der Waals surface area contributed by atoms with E-state index >= 15 is 0 Å². The second-order valence-electron chi connectivity index (χ2n) is 8.42. The number of hydrogen-bond donors (Lipinski definition) is 2. The third kappa shape index (κ3) is 6.25. The maximum absolute atomic E-state index is 12.2. The first-order valence-corrected chi connectivity index (χ1v) is 12.2. The molecule has 0 fully saturated rings. The number of ether oxygens (including phenoxy) is 1. The topological polar surface area (TPSA) is 76.4 Å². The van der Waals surface area contributed by atoms with Crippen LogP contribution in [0.3, 0.4) is 0 Å². The number of amides is 1. The summed E-state index contributed by atoms with van der Waals surface area (Å²) in [5, 5.41) is 5.87. The van der Waals surface area contributed by atoms with Crippen LogP contribution in [0.4, 0.5) is 5.69 Å². The van der Waals surface area contributed by atoms with Gasteiger partial charge in [-0.2, -0.15) is 0 Å². The maximum Gasteiger partial charge on any atom is 0.264 e. The van der Waals surface area contributed by atoms with Crippen LogP contribution >= 0.6 is 12.2 Å². The number of anilines is 1. The number of thiocarbonyl (C=S) groups is 1. The highest BCUT2D eigenvalue weighted by Gasteiger charge is 2.12. The zero-order chi connectivity index (χ0) is 24.8. The Labute approximate surface area is 210 Å². The molecular formula is C28H29N3O3S. The van der Waals surface area contributed by atoms with Crippen LogP contribution in [0.2, 0.25) is 0 Å². The first kappa shape index (κ1) is 24.4. The largest absolute Gasteiger partial charge is 0.484 e. The van der Waals surface area contributed by atoms with E-state index < -0.39 is 0 Å². The van der Waals surface area contributed by atoms with E-state index in [9.17, 15) is 4.79 Å². The average molecular weight is 488 g/mol. The van der Waals surface area contributed by atoms with E-state index in [-0.39, 0.29) is 17.6 Å². The number of carbonyl (C=O) groups is 1. The summed E-state index contributed by atoms with van der Waals surface area (Å²) in [6, 6.07) is 21.4. The Morgan fingerprint density at radius 2 is 1.89 bits per heavy atom. The lowest BCUT2D eigenvalue weighted by Crippen LogP contribution is -2.37. The molecule has 0 saturated carbocycles. The van der Waals surface area contributed by atoms with E-state index in [1.54, 1.807) is 0 Å². The van der Waals surface area contributed by atoms with E-state index in [0.29, 0.717) is 23.2 Å². The molecule has 4 aromatic rings. The van der Waals surface area contributed by atoms with Gasteiger partial charge in [-0.25, -0.2) is 4.98 Å². The Morgan fingerprint density at radius 3 is 2.63 bits per heavy atom. The van der Waals surface area contributed by atoms with Crippen molar-refractivity contribution in [2.45, 2.75) is 39.5 Å². The van der Waals surface area contributed by atoms with Gasteiger partial charge in [0.25, 0.3) is 5.91 Å². The number of hydrogen-bond acceptors (Lipinski definition) is 5. The lowest BCUT2D eigenvalue weighted by molar-refractivity contribution is -0.121. The molecule has 1 amide bonds. The van der Waals surface area contributed by atoms with Crippen molar-refractivity contribution < 1.29 is 13.9 Å². The standard InChI is InChI=1S/C28H29N3O3S/c1-4-18(3)20-11-14-25-24(16-20)30-27(34-25)21-7-6-8-22(15-21)29-28(35)31-26(32)17-33-23-12-9-19(5-2)10-13-23/h6-16,18H,4-5,17H2,1-3H3,(H2,29,31,32,35)/t18-/m1/s1. The van der Waals surface area contributed by atoms with Crippen molar-refractivity contribution in [3.63, 3.8) is 0 Å². The maximum atomic E-state index is 12.2. The summed E-state index contributed by atoms with van der Waals surface area (Å²) in [6.07, 6.45) is 2.02. The minimum absolute atomic E-state index is 0.130. The van der Waals surface area contributed by atoms with E-state index in [2.05, 4.69) is 48.5 Å². The van der Waals surface area contributed by atoms with Crippen molar-refractivity contribution in [3.8, 4) is 17.2 Å². The fourth-order valence-electron chi connectivity index (χ4n) is 3.64. The third-order valence-electron chi connectivity index (χ3n) is 5.91. The number of fused-ring (bicyclic) bond motifs is 1. The van der Waals surface area contributed by atoms with E-state index in [1.165, 1.54) is 11.1 Å². The molecule has 1 heterocycles. The van der Waals surface area contributed by atoms with Crippen LogP contribution in [0, 0.1) is 0 Å². The Hall–Kier alpha value is -3.71. The monoisotopic (exact) mass is 487 g/mol. The van der Waals surface area contributed by atoms with Gasteiger partial charge in [-0.05, 0) is 84.6 Å². The Balaban J connectivity index is 1.36. The van der Waals surface area contributed by atoms with Crippen molar-refractivity contribution in [1.29, 1.82) is 0 Å². The molecule has 0 bridgehead atoms. The molecule has 4 rings (SSSR count). The zero-order valence-corrected chi connectivity index (χ0v) is 20.9. The second-order valence-corrected chi connectivity index (χ2v) is 8.83. The Morgan fingerprint density at radius 1 is 1.09 bits per heavy atom. The molecule has 0 spiro atoms. The number of aromatic nitrogens is 1. The first-order chi connectivity index (χ1) is 16.9. The number of oxazole rings is 1. The van der Waals surface area contributed by atoms with Crippen molar-refractivity contribution in [1.82, 2.24) is 10.3 Å². The van der Waals surface area contributed by atoms with Crippen LogP contribution in [0.5, 0.6) is 5.75 Å². The van der Waals surface area contributed by atoms with Crippen molar-refractivity contribution in [2.24, 2.45) is 0 Å². The first-order valence-electron chi connectivity index (χ1n) is 11.8. The van der Waals surface area contributed by atoms with Gasteiger partial charge in [0.05, 0.1) is 0 Å². The predicted octanol–water partition coefficient (Wildman–Crippen LogP) is 6.46. The third-order valence-corrected chi connectivity index (χ3v) is 6.12. The summed E-state index contributed by atoms with van der Waals surface area (Å²) in [5.74, 6) is 1.30. The van der Waals surface area contributed by atoms with Gasteiger partial charge in [-0.1, -0.05) is 45.0 Å². The number of benzene rings is 3. The predicted molar refractivity (Wildman–Crippen MR) is 144 cm³/mol. The van der Waals surface area contributed by atoms with Gasteiger partial charge < -0.3 is 14.5 Å². The summed E-state index contributed by atoms with van der Waals surface area (Å²) in [6.45, 7) is 6.33.